The summed E-state index contributed by atoms with van der Waals surface area (Å²) in [6.45, 7) is 0.0214. The van der Waals surface area contributed by atoms with Gasteiger partial charge in [-0.05, 0) is 42.0 Å². The van der Waals surface area contributed by atoms with Gasteiger partial charge in [-0.1, -0.05) is 35.0 Å². The predicted octanol–water partition coefficient (Wildman–Crippen LogP) is 5.62. The first-order chi connectivity index (χ1) is 9.81. The third kappa shape index (κ3) is 4.07. The van der Waals surface area contributed by atoms with Crippen LogP contribution in [0, 0.1) is 0 Å². The molecule has 0 fully saturated rings. The van der Waals surface area contributed by atoms with Crippen molar-refractivity contribution in [3.05, 3.63) is 57.6 Å². The van der Waals surface area contributed by atoms with Crippen molar-refractivity contribution in [2.75, 3.05) is 0 Å². The van der Waals surface area contributed by atoms with Crippen LogP contribution in [0.1, 0.15) is 11.1 Å². The van der Waals surface area contributed by atoms with Gasteiger partial charge in [-0.3, -0.25) is 0 Å². The zero-order valence-corrected chi connectivity index (χ0v) is 12.9. The van der Waals surface area contributed by atoms with Crippen molar-refractivity contribution in [1.29, 1.82) is 0 Å². The van der Waals surface area contributed by atoms with Gasteiger partial charge >= 0.3 is 6.18 Å². The Bertz CT molecular complexity index is 659. The molecule has 0 bridgehead atoms. The third-order valence-corrected chi connectivity index (χ3v) is 4.57. The highest BCUT2D eigenvalue weighted by Crippen LogP contribution is 2.37. The van der Waals surface area contributed by atoms with Crippen molar-refractivity contribution in [2.24, 2.45) is 5.73 Å². The molecular formula is C14H10Cl2F3NS. The molecule has 0 amide bonds. The summed E-state index contributed by atoms with van der Waals surface area (Å²) in [6.07, 6.45) is -4.38. The van der Waals surface area contributed by atoms with Crippen molar-refractivity contribution in [1.82, 2.24) is 0 Å². The van der Waals surface area contributed by atoms with E-state index in [2.05, 4.69) is 0 Å². The molecule has 0 radical (unpaired) electrons. The van der Waals surface area contributed by atoms with E-state index in [0.29, 0.717) is 20.5 Å². The maximum atomic E-state index is 12.7. The molecule has 0 spiro atoms. The Morgan fingerprint density at radius 2 is 1.71 bits per heavy atom. The highest BCUT2D eigenvalue weighted by molar-refractivity contribution is 7.99. The van der Waals surface area contributed by atoms with Crippen LogP contribution in [-0.4, -0.2) is 0 Å². The van der Waals surface area contributed by atoms with Gasteiger partial charge in [0.15, 0.2) is 0 Å². The molecule has 7 heteroatoms. The van der Waals surface area contributed by atoms with Gasteiger partial charge in [0.05, 0.1) is 15.6 Å². The van der Waals surface area contributed by atoms with E-state index < -0.39 is 11.7 Å². The van der Waals surface area contributed by atoms with E-state index in [9.17, 15) is 13.2 Å². The van der Waals surface area contributed by atoms with Crippen molar-refractivity contribution in [2.45, 2.75) is 22.5 Å². The minimum absolute atomic E-state index is 0.0214. The lowest BCUT2D eigenvalue weighted by Crippen LogP contribution is -2.07. The number of benzene rings is 2. The predicted molar refractivity (Wildman–Crippen MR) is 79.9 cm³/mol. The topological polar surface area (TPSA) is 26.0 Å². The van der Waals surface area contributed by atoms with E-state index in [0.717, 1.165) is 17.0 Å². The largest absolute Gasteiger partial charge is 0.416 e. The SMILES string of the molecule is NCc1cc(C(F)(F)F)ccc1Sc1ccc(Cl)c(Cl)c1. The molecule has 0 saturated carbocycles. The van der Waals surface area contributed by atoms with Crippen molar-refractivity contribution in [3.8, 4) is 0 Å². The number of nitrogens with two attached hydrogens (primary N) is 1. The van der Waals surface area contributed by atoms with E-state index >= 15 is 0 Å². The van der Waals surface area contributed by atoms with E-state index in [1.165, 1.54) is 17.8 Å². The van der Waals surface area contributed by atoms with Crippen LogP contribution >= 0.6 is 35.0 Å². The lowest BCUT2D eigenvalue weighted by atomic mass is 10.1. The van der Waals surface area contributed by atoms with Gasteiger partial charge in [0.1, 0.15) is 0 Å². The van der Waals surface area contributed by atoms with Crippen LogP contribution in [0.5, 0.6) is 0 Å². The summed E-state index contributed by atoms with van der Waals surface area (Å²) in [7, 11) is 0. The molecule has 0 aliphatic rings. The molecule has 112 valence electrons. The summed E-state index contributed by atoms with van der Waals surface area (Å²) < 4.78 is 38.0. The summed E-state index contributed by atoms with van der Waals surface area (Å²) in [5.41, 5.74) is 5.27. The van der Waals surface area contributed by atoms with Crippen LogP contribution in [-0.2, 0) is 12.7 Å². The van der Waals surface area contributed by atoms with Gasteiger partial charge in [0.25, 0.3) is 0 Å². The first kappa shape index (κ1) is 16.5. The number of halogens is 5. The zero-order chi connectivity index (χ0) is 15.6. The summed E-state index contributed by atoms with van der Waals surface area (Å²) in [6, 6.07) is 8.57. The van der Waals surface area contributed by atoms with Gasteiger partial charge in [-0.25, -0.2) is 0 Å². The molecule has 2 aromatic carbocycles. The molecule has 0 unspecified atom stereocenters. The van der Waals surface area contributed by atoms with Crippen molar-refractivity contribution < 1.29 is 13.2 Å². The molecule has 21 heavy (non-hydrogen) atoms. The summed E-state index contributed by atoms with van der Waals surface area (Å²) in [5, 5.41) is 0.815. The molecule has 0 atom stereocenters. The fourth-order valence-electron chi connectivity index (χ4n) is 1.68. The smallest absolute Gasteiger partial charge is 0.326 e. The van der Waals surface area contributed by atoms with Gasteiger partial charge in [0, 0.05) is 16.3 Å². The second kappa shape index (κ2) is 6.48. The van der Waals surface area contributed by atoms with E-state index in [4.69, 9.17) is 28.9 Å². The second-order valence-electron chi connectivity index (χ2n) is 4.20. The van der Waals surface area contributed by atoms with Crippen LogP contribution in [0.3, 0.4) is 0 Å². The number of alkyl halides is 3. The number of rotatable bonds is 3. The Balaban J connectivity index is 2.33. The Morgan fingerprint density at radius 3 is 2.29 bits per heavy atom. The normalized spacial score (nSPS) is 11.7. The zero-order valence-electron chi connectivity index (χ0n) is 10.5. The third-order valence-electron chi connectivity index (χ3n) is 2.73. The quantitative estimate of drug-likeness (QED) is 0.776. The molecule has 0 aliphatic carbocycles. The molecule has 2 aromatic rings. The maximum absolute atomic E-state index is 12.7. The van der Waals surface area contributed by atoms with Crippen LogP contribution in [0.4, 0.5) is 13.2 Å². The summed E-state index contributed by atoms with van der Waals surface area (Å²) in [4.78, 5) is 1.43. The van der Waals surface area contributed by atoms with Gasteiger partial charge in [-0.2, -0.15) is 13.2 Å². The lowest BCUT2D eigenvalue weighted by molar-refractivity contribution is -0.137. The molecule has 2 rings (SSSR count). The summed E-state index contributed by atoms with van der Waals surface area (Å²) >= 11 is 13.0. The lowest BCUT2D eigenvalue weighted by Gasteiger charge is -2.12. The average Bonchev–Trinajstić information content (AvgIpc) is 2.42. The number of hydrogen-bond donors (Lipinski definition) is 1. The Hall–Kier alpha value is -0.880. The van der Waals surface area contributed by atoms with E-state index in [1.54, 1.807) is 18.2 Å². The van der Waals surface area contributed by atoms with Crippen LogP contribution < -0.4 is 5.73 Å². The molecule has 0 saturated heterocycles. The Morgan fingerprint density at radius 1 is 1.00 bits per heavy atom. The highest BCUT2D eigenvalue weighted by Gasteiger charge is 2.30. The van der Waals surface area contributed by atoms with E-state index in [1.807, 2.05) is 0 Å². The van der Waals surface area contributed by atoms with E-state index in [-0.39, 0.29) is 6.54 Å². The molecule has 0 aromatic heterocycles. The standard InChI is InChI=1S/C14H10Cl2F3NS/c15-11-3-2-10(6-12(11)16)21-13-4-1-9(14(17,18)19)5-8(13)7-20/h1-6H,7,20H2. The maximum Gasteiger partial charge on any atom is 0.416 e. The Labute approximate surface area is 134 Å². The Kier molecular flexibility index (Phi) is 5.09. The fourth-order valence-corrected chi connectivity index (χ4v) is 3.02. The molecule has 0 aliphatic heterocycles. The van der Waals surface area contributed by atoms with Gasteiger partial charge in [-0.15, -0.1) is 0 Å². The van der Waals surface area contributed by atoms with Crippen molar-refractivity contribution >= 4 is 35.0 Å². The van der Waals surface area contributed by atoms with Crippen LogP contribution in [0.2, 0.25) is 10.0 Å². The average molecular weight is 352 g/mol. The molecular weight excluding hydrogens is 342 g/mol. The molecule has 1 nitrogen and oxygen atoms in total. The highest BCUT2D eigenvalue weighted by atomic mass is 35.5. The molecule has 2 N–H and O–H groups in total. The minimum Gasteiger partial charge on any atom is -0.326 e. The second-order valence-corrected chi connectivity index (χ2v) is 6.13. The summed E-state index contributed by atoms with van der Waals surface area (Å²) in [5.74, 6) is 0. The van der Waals surface area contributed by atoms with Crippen molar-refractivity contribution in [3.63, 3.8) is 0 Å². The van der Waals surface area contributed by atoms with Crippen LogP contribution in [0.15, 0.2) is 46.2 Å². The fraction of sp³-hybridized carbons (Fsp3) is 0.143. The molecule has 0 heterocycles. The first-order valence-electron chi connectivity index (χ1n) is 5.84. The number of hydrogen-bond acceptors (Lipinski definition) is 2. The van der Waals surface area contributed by atoms with Crippen LogP contribution in [0.25, 0.3) is 0 Å². The van der Waals surface area contributed by atoms with Gasteiger partial charge in [0.2, 0.25) is 0 Å². The first-order valence-corrected chi connectivity index (χ1v) is 7.41. The minimum atomic E-state index is -4.38. The monoisotopic (exact) mass is 351 g/mol. The van der Waals surface area contributed by atoms with Gasteiger partial charge < -0.3 is 5.73 Å².